The fraction of sp³-hybridized carbons (Fsp3) is 0.714. The Morgan fingerprint density at radius 1 is 1.62 bits per heavy atom. The fourth-order valence-electron chi connectivity index (χ4n) is 0.634. The second kappa shape index (κ2) is 3.67. The zero-order valence-electron chi connectivity index (χ0n) is 5.59. The molecule has 0 bridgehead atoms. The molecule has 0 aliphatic heterocycles. The molecule has 0 aliphatic carbocycles. The lowest BCUT2D eigenvalue weighted by molar-refractivity contribution is 0.172. The maximum Gasteiger partial charge on any atom is 0.0517 e. The van der Waals surface area contributed by atoms with Crippen LogP contribution >= 0.6 is 0 Å². The Bertz CT molecular complexity index is 66.8. The summed E-state index contributed by atoms with van der Waals surface area (Å²) in [5.41, 5.74) is 0. The molecule has 2 atom stereocenters. The third-order valence-corrected chi connectivity index (χ3v) is 1.12. The van der Waals surface area contributed by atoms with E-state index in [0.29, 0.717) is 5.92 Å². The van der Waals surface area contributed by atoms with Crippen LogP contribution in [0.25, 0.3) is 0 Å². The normalized spacial score (nSPS) is 17.4. The minimum Gasteiger partial charge on any atom is -0.393 e. The molecule has 0 saturated carbocycles. The van der Waals surface area contributed by atoms with Gasteiger partial charge < -0.3 is 5.11 Å². The molecule has 8 heavy (non-hydrogen) atoms. The molecule has 0 aromatic carbocycles. The summed E-state index contributed by atoms with van der Waals surface area (Å²) in [6.07, 6.45) is 2.49. The van der Waals surface area contributed by atoms with Gasteiger partial charge in [0.15, 0.2) is 0 Å². The minimum absolute atomic E-state index is 0.192. The lowest BCUT2D eigenvalue weighted by Gasteiger charge is -2.06. The van der Waals surface area contributed by atoms with Gasteiger partial charge in [0.2, 0.25) is 0 Å². The molecule has 0 unspecified atom stereocenters. The highest BCUT2D eigenvalue weighted by molar-refractivity contribution is 4.75. The largest absolute Gasteiger partial charge is 0.393 e. The molecular weight excluding hydrogens is 100 g/mol. The quantitative estimate of drug-likeness (QED) is 0.552. The molecule has 0 radical (unpaired) electrons. The van der Waals surface area contributed by atoms with E-state index in [2.05, 4.69) is 6.58 Å². The van der Waals surface area contributed by atoms with Crippen molar-refractivity contribution in [1.82, 2.24) is 0 Å². The minimum atomic E-state index is -0.192. The van der Waals surface area contributed by atoms with E-state index in [1.165, 1.54) is 0 Å². The van der Waals surface area contributed by atoms with Gasteiger partial charge in [-0.2, -0.15) is 0 Å². The number of rotatable bonds is 3. The molecule has 0 heterocycles. The van der Waals surface area contributed by atoms with E-state index >= 15 is 0 Å². The predicted octanol–water partition coefficient (Wildman–Crippen LogP) is 1.58. The van der Waals surface area contributed by atoms with E-state index in [9.17, 15) is 0 Å². The highest BCUT2D eigenvalue weighted by Crippen LogP contribution is 2.04. The molecule has 0 rings (SSSR count). The molecule has 0 saturated heterocycles. The summed E-state index contributed by atoms with van der Waals surface area (Å²) in [5.74, 6) is 0.440. The molecule has 0 fully saturated rings. The van der Waals surface area contributed by atoms with E-state index < -0.39 is 0 Å². The van der Waals surface area contributed by atoms with Crippen LogP contribution in [0.4, 0.5) is 0 Å². The monoisotopic (exact) mass is 114 g/mol. The maximum absolute atomic E-state index is 8.81. The lowest BCUT2D eigenvalue weighted by atomic mass is 10.1. The van der Waals surface area contributed by atoms with Crippen molar-refractivity contribution >= 4 is 0 Å². The van der Waals surface area contributed by atoms with E-state index in [1.807, 2.05) is 13.0 Å². The van der Waals surface area contributed by atoms with Crippen LogP contribution in [0.5, 0.6) is 0 Å². The summed E-state index contributed by atoms with van der Waals surface area (Å²) in [6.45, 7) is 7.44. The second-order valence-corrected chi connectivity index (χ2v) is 2.30. The lowest BCUT2D eigenvalue weighted by Crippen LogP contribution is -2.04. The van der Waals surface area contributed by atoms with Crippen molar-refractivity contribution in [1.29, 1.82) is 0 Å². The molecule has 1 N–H and O–H groups in total. The summed E-state index contributed by atoms with van der Waals surface area (Å²) < 4.78 is 0. The summed E-state index contributed by atoms with van der Waals surface area (Å²) in [5, 5.41) is 8.81. The topological polar surface area (TPSA) is 20.2 Å². The van der Waals surface area contributed by atoms with Gasteiger partial charge in [0.05, 0.1) is 6.10 Å². The Morgan fingerprint density at radius 2 is 2.12 bits per heavy atom. The summed E-state index contributed by atoms with van der Waals surface area (Å²) in [7, 11) is 0. The first-order valence-corrected chi connectivity index (χ1v) is 2.97. The third-order valence-electron chi connectivity index (χ3n) is 1.12. The molecule has 0 spiro atoms. The van der Waals surface area contributed by atoms with Gasteiger partial charge in [-0.1, -0.05) is 13.0 Å². The summed E-state index contributed by atoms with van der Waals surface area (Å²) in [4.78, 5) is 0. The first-order chi connectivity index (χ1) is 3.66. The number of allylic oxidation sites excluding steroid dienone is 1. The Morgan fingerprint density at radius 3 is 2.25 bits per heavy atom. The van der Waals surface area contributed by atoms with Crippen molar-refractivity contribution in [2.45, 2.75) is 26.4 Å². The predicted molar refractivity (Wildman–Crippen MR) is 35.7 cm³/mol. The molecular formula is C7H14O. The van der Waals surface area contributed by atoms with Crippen molar-refractivity contribution in [3.63, 3.8) is 0 Å². The number of aliphatic hydroxyl groups excluding tert-OH is 1. The van der Waals surface area contributed by atoms with Crippen LogP contribution in [-0.4, -0.2) is 11.2 Å². The average Bonchev–Trinajstić information content (AvgIpc) is 1.65. The summed E-state index contributed by atoms with van der Waals surface area (Å²) in [6, 6.07) is 0. The molecule has 0 amide bonds. The van der Waals surface area contributed by atoms with Crippen molar-refractivity contribution in [3.05, 3.63) is 12.7 Å². The van der Waals surface area contributed by atoms with Crippen molar-refractivity contribution in [3.8, 4) is 0 Å². The van der Waals surface area contributed by atoms with Crippen LogP contribution in [0.15, 0.2) is 12.7 Å². The third kappa shape index (κ3) is 3.88. The van der Waals surface area contributed by atoms with Crippen molar-refractivity contribution in [2.75, 3.05) is 0 Å². The van der Waals surface area contributed by atoms with Gasteiger partial charge in [-0.25, -0.2) is 0 Å². The van der Waals surface area contributed by atoms with Gasteiger partial charge in [-0.15, -0.1) is 6.58 Å². The number of hydrogen-bond acceptors (Lipinski definition) is 1. The molecule has 0 aromatic rings. The number of hydrogen-bond donors (Lipinski definition) is 1. The van der Waals surface area contributed by atoms with E-state index in [0.717, 1.165) is 6.42 Å². The van der Waals surface area contributed by atoms with Crippen LogP contribution in [0, 0.1) is 5.92 Å². The maximum atomic E-state index is 8.81. The Balaban J connectivity index is 3.23. The van der Waals surface area contributed by atoms with Crippen LogP contribution < -0.4 is 0 Å². The first-order valence-electron chi connectivity index (χ1n) is 2.97. The Labute approximate surface area is 51.0 Å². The van der Waals surface area contributed by atoms with Crippen molar-refractivity contribution in [2.24, 2.45) is 5.92 Å². The molecule has 1 heteroatoms. The smallest absolute Gasteiger partial charge is 0.0517 e. The SMILES string of the molecule is C=C[C@@H](C)C[C@H](C)O. The zero-order chi connectivity index (χ0) is 6.57. The zero-order valence-corrected chi connectivity index (χ0v) is 5.59. The van der Waals surface area contributed by atoms with Gasteiger partial charge in [-0.3, -0.25) is 0 Å². The number of aliphatic hydroxyl groups is 1. The van der Waals surface area contributed by atoms with E-state index in [4.69, 9.17) is 5.11 Å². The van der Waals surface area contributed by atoms with E-state index in [1.54, 1.807) is 6.92 Å². The highest BCUT2D eigenvalue weighted by Gasteiger charge is 1.99. The Hall–Kier alpha value is -0.300. The Kier molecular flexibility index (Phi) is 3.53. The van der Waals surface area contributed by atoms with Crippen LogP contribution in [0.2, 0.25) is 0 Å². The highest BCUT2D eigenvalue weighted by atomic mass is 16.3. The molecule has 0 aliphatic rings. The second-order valence-electron chi connectivity index (χ2n) is 2.30. The van der Waals surface area contributed by atoms with Crippen LogP contribution in [-0.2, 0) is 0 Å². The standard InChI is InChI=1S/C7H14O/c1-4-6(2)5-7(3)8/h4,6-8H,1,5H2,2-3H3/t6-,7+/m1/s1. The van der Waals surface area contributed by atoms with Gasteiger partial charge in [0, 0.05) is 0 Å². The van der Waals surface area contributed by atoms with Crippen molar-refractivity contribution < 1.29 is 5.11 Å². The van der Waals surface area contributed by atoms with Crippen LogP contribution in [0.3, 0.4) is 0 Å². The van der Waals surface area contributed by atoms with Gasteiger partial charge >= 0.3 is 0 Å². The molecule has 0 aromatic heterocycles. The van der Waals surface area contributed by atoms with Crippen LogP contribution in [0.1, 0.15) is 20.3 Å². The van der Waals surface area contributed by atoms with E-state index in [-0.39, 0.29) is 6.10 Å². The molecule has 1 nitrogen and oxygen atoms in total. The summed E-state index contributed by atoms with van der Waals surface area (Å²) >= 11 is 0. The van der Waals surface area contributed by atoms with Gasteiger partial charge in [0.25, 0.3) is 0 Å². The average molecular weight is 114 g/mol. The first kappa shape index (κ1) is 7.70. The molecule has 48 valence electrons. The van der Waals surface area contributed by atoms with Gasteiger partial charge in [0.1, 0.15) is 0 Å². The van der Waals surface area contributed by atoms with Gasteiger partial charge in [-0.05, 0) is 19.3 Å². The fourth-order valence-corrected chi connectivity index (χ4v) is 0.634.